The average molecular weight is 238 g/mol. The zero-order valence-electron chi connectivity index (χ0n) is 11.1. The van der Waals surface area contributed by atoms with Gasteiger partial charge in [0.2, 0.25) is 0 Å². The zero-order chi connectivity index (χ0) is 12.1. The van der Waals surface area contributed by atoms with Crippen molar-refractivity contribution in [2.75, 3.05) is 19.6 Å². The molecule has 0 radical (unpaired) electrons. The molecule has 17 heavy (non-hydrogen) atoms. The van der Waals surface area contributed by atoms with Crippen LogP contribution < -0.4 is 5.32 Å². The number of carbonyl (C=O) groups excluding carboxylic acids is 1. The Morgan fingerprint density at radius 2 is 2.00 bits per heavy atom. The molecule has 0 amide bonds. The molecule has 2 rings (SSSR count). The number of piperidine rings is 1. The molecule has 3 heteroatoms. The van der Waals surface area contributed by atoms with Gasteiger partial charge in [-0.15, -0.1) is 0 Å². The van der Waals surface area contributed by atoms with Gasteiger partial charge in [-0.05, 0) is 51.7 Å². The molecule has 1 atom stereocenters. The molecule has 0 aromatic carbocycles. The van der Waals surface area contributed by atoms with Crippen molar-refractivity contribution in [1.82, 2.24) is 10.2 Å². The number of rotatable bonds is 4. The zero-order valence-corrected chi connectivity index (χ0v) is 11.1. The third kappa shape index (κ3) is 3.29. The standard InChI is InChI=1S/C14H26N2O/c1-2-11-16(12-7-9-15-10-8-12)13-5-3-4-6-14(13)17/h12-13,15H,2-11H2,1H3. The summed E-state index contributed by atoms with van der Waals surface area (Å²) >= 11 is 0. The number of ketones is 1. The second-order valence-electron chi connectivity index (χ2n) is 5.45. The van der Waals surface area contributed by atoms with Crippen LogP contribution in [0, 0.1) is 0 Å². The molecular weight excluding hydrogens is 212 g/mol. The van der Waals surface area contributed by atoms with Gasteiger partial charge in [0.1, 0.15) is 5.78 Å². The summed E-state index contributed by atoms with van der Waals surface area (Å²) in [5.74, 6) is 0.503. The van der Waals surface area contributed by atoms with E-state index in [-0.39, 0.29) is 6.04 Å². The number of nitrogens with one attached hydrogen (secondary N) is 1. The Morgan fingerprint density at radius 3 is 2.65 bits per heavy atom. The molecule has 3 nitrogen and oxygen atoms in total. The lowest BCUT2D eigenvalue weighted by Crippen LogP contribution is -2.52. The van der Waals surface area contributed by atoms with Crippen molar-refractivity contribution in [3.63, 3.8) is 0 Å². The monoisotopic (exact) mass is 238 g/mol. The van der Waals surface area contributed by atoms with Crippen molar-refractivity contribution in [1.29, 1.82) is 0 Å². The summed E-state index contributed by atoms with van der Waals surface area (Å²) in [6.45, 7) is 5.56. The van der Waals surface area contributed by atoms with Crippen LogP contribution in [-0.4, -0.2) is 42.4 Å². The fraction of sp³-hybridized carbons (Fsp3) is 0.929. The van der Waals surface area contributed by atoms with E-state index >= 15 is 0 Å². The van der Waals surface area contributed by atoms with E-state index in [2.05, 4.69) is 17.1 Å². The lowest BCUT2D eigenvalue weighted by atomic mass is 9.90. The molecule has 1 heterocycles. The first-order valence-electron chi connectivity index (χ1n) is 7.32. The maximum absolute atomic E-state index is 12.1. The van der Waals surface area contributed by atoms with E-state index in [4.69, 9.17) is 0 Å². The van der Waals surface area contributed by atoms with Gasteiger partial charge in [-0.1, -0.05) is 13.3 Å². The maximum atomic E-state index is 12.1. The van der Waals surface area contributed by atoms with Crippen molar-refractivity contribution in [2.45, 2.75) is 64.0 Å². The number of hydrogen-bond acceptors (Lipinski definition) is 3. The minimum atomic E-state index is 0.242. The Balaban J connectivity index is 2.01. The van der Waals surface area contributed by atoms with Gasteiger partial charge in [0, 0.05) is 12.5 Å². The van der Waals surface area contributed by atoms with Crippen LogP contribution in [0.4, 0.5) is 0 Å². The third-order valence-corrected chi connectivity index (χ3v) is 4.18. The first-order chi connectivity index (χ1) is 8.33. The molecule has 1 aliphatic carbocycles. The van der Waals surface area contributed by atoms with Gasteiger partial charge < -0.3 is 5.32 Å². The van der Waals surface area contributed by atoms with E-state index in [0.717, 1.165) is 45.3 Å². The smallest absolute Gasteiger partial charge is 0.149 e. The highest BCUT2D eigenvalue weighted by molar-refractivity contribution is 5.84. The van der Waals surface area contributed by atoms with E-state index in [0.29, 0.717) is 11.8 Å². The van der Waals surface area contributed by atoms with E-state index in [1.807, 2.05) is 0 Å². The maximum Gasteiger partial charge on any atom is 0.149 e. The summed E-state index contributed by atoms with van der Waals surface area (Å²) in [7, 11) is 0. The van der Waals surface area contributed by atoms with Crippen LogP contribution in [0.2, 0.25) is 0 Å². The highest BCUT2D eigenvalue weighted by Gasteiger charge is 2.32. The van der Waals surface area contributed by atoms with Crippen LogP contribution in [0.25, 0.3) is 0 Å². The minimum absolute atomic E-state index is 0.242. The quantitative estimate of drug-likeness (QED) is 0.812. The fourth-order valence-corrected chi connectivity index (χ4v) is 3.30. The van der Waals surface area contributed by atoms with E-state index in [9.17, 15) is 4.79 Å². The van der Waals surface area contributed by atoms with E-state index < -0.39 is 0 Å². The average Bonchev–Trinajstić information content (AvgIpc) is 2.38. The van der Waals surface area contributed by atoms with Gasteiger partial charge in [0.05, 0.1) is 6.04 Å². The molecule has 0 aromatic rings. The van der Waals surface area contributed by atoms with Gasteiger partial charge in [-0.25, -0.2) is 0 Å². The topological polar surface area (TPSA) is 32.3 Å². The second-order valence-corrected chi connectivity index (χ2v) is 5.45. The van der Waals surface area contributed by atoms with Crippen LogP contribution in [0.5, 0.6) is 0 Å². The van der Waals surface area contributed by atoms with Crippen molar-refractivity contribution >= 4 is 5.78 Å². The molecule has 0 aromatic heterocycles. The predicted octanol–water partition coefficient (Wildman–Crippen LogP) is 1.96. The van der Waals surface area contributed by atoms with Crippen molar-refractivity contribution < 1.29 is 4.79 Å². The molecule has 2 aliphatic rings. The Bertz CT molecular complexity index is 249. The van der Waals surface area contributed by atoms with E-state index in [1.54, 1.807) is 0 Å². The van der Waals surface area contributed by atoms with Gasteiger partial charge in [0.25, 0.3) is 0 Å². The summed E-state index contributed by atoms with van der Waals surface area (Å²) in [4.78, 5) is 14.6. The number of Topliss-reactive ketones (excluding diaryl/α,β-unsaturated/α-hetero) is 1. The van der Waals surface area contributed by atoms with Crippen LogP contribution in [-0.2, 0) is 4.79 Å². The number of hydrogen-bond donors (Lipinski definition) is 1. The molecule has 1 N–H and O–H groups in total. The van der Waals surface area contributed by atoms with Crippen LogP contribution in [0.1, 0.15) is 51.9 Å². The Kier molecular flexibility index (Phi) is 4.99. The van der Waals surface area contributed by atoms with Gasteiger partial charge in [-0.3, -0.25) is 9.69 Å². The number of nitrogens with zero attached hydrogens (tertiary/aromatic N) is 1. The summed E-state index contributed by atoms with van der Waals surface area (Å²) < 4.78 is 0. The summed E-state index contributed by atoms with van der Waals surface area (Å²) in [6.07, 6.45) is 7.85. The molecule has 98 valence electrons. The molecule has 1 saturated heterocycles. The molecule has 1 saturated carbocycles. The third-order valence-electron chi connectivity index (χ3n) is 4.18. The summed E-state index contributed by atoms with van der Waals surface area (Å²) in [6, 6.07) is 0.884. The highest BCUT2D eigenvalue weighted by atomic mass is 16.1. The summed E-state index contributed by atoms with van der Waals surface area (Å²) in [5, 5.41) is 3.41. The molecule has 0 spiro atoms. The normalized spacial score (nSPS) is 27.6. The first-order valence-corrected chi connectivity index (χ1v) is 7.32. The molecule has 1 unspecified atom stereocenters. The highest BCUT2D eigenvalue weighted by Crippen LogP contribution is 2.24. The van der Waals surface area contributed by atoms with Crippen LogP contribution >= 0.6 is 0 Å². The Morgan fingerprint density at radius 1 is 1.24 bits per heavy atom. The lowest BCUT2D eigenvalue weighted by molar-refractivity contribution is -0.127. The van der Waals surface area contributed by atoms with Crippen molar-refractivity contribution in [3.8, 4) is 0 Å². The van der Waals surface area contributed by atoms with Gasteiger partial charge in [0.15, 0.2) is 0 Å². The molecule has 0 bridgehead atoms. The van der Waals surface area contributed by atoms with Crippen molar-refractivity contribution in [2.24, 2.45) is 0 Å². The molecule has 1 aliphatic heterocycles. The van der Waals surface area contributed by atoms with E-state index in [1.165, 1.54) is 19.3 Å². The Labute approximate surface area is 105 Å². The molecule has 2 fully saturated rings. The second kappa shape index (κ2) is 6.50. The van der Waals surface area contributed by atoms with Crippen LogP contribution in [0.15, 0.2) is 0 Å². The van der Waals surface area contributed by atoms with Crippen molar-refractivity contribution in [3.05, 3.63) is 0 Å². The largest absolute Gasteiger partial charge is 0.317 e. The van der Waals surface area contributed by atoms with Gasteiger partial charge >= 0.3 is 0 Å². The fourth-order valence-electron chi connectivity index (χ4n) is 3.30. The van der Waals surface area contributed by atoms with Gasteiger partial charge in [-0.2, -0.15) is 0 Å². The van der Waals surface area contributed by atoms with Crippen LogP contribution in [0.3, 0.4) is 0 Å². The number of carbonyl (C=O) groups is 1. The minimum Gasteiger partial charge on any atom is -0.317 e. The first kappa shape index (κ1) is 13.0. The molecular formula is C14H26N2O. The predicted molar refractivity (Wildman–Crippen MR) is 70.2 cm³/mol. The Hall–Kier alpha value is -0.410. The SMILES string of the molecule is CCCN(C1CCNCC1)C1CCCCC1=O. The summed E-state index contributed by atoms with van der Waals surface area (Å²) in [5.41, 5.74) is 0. The lowest BCUT2D eigenvalue weighted by Gasteiger charge is -2.40.